The van der Waals surface area contributed by atoms with E-state index in [9.17, 15) is 9.18 Å². The number of benzene rings is 2. The van der Waals surface area contributed by atoms with Crippen LogP contribution in [-0.4, -0.2) is 12.5 Å². The summed E-state index contributed by atoms with van der Waals surface area (Å²) in [5, 5.41) is 3.32. The van der Waals surface area contributed by atoms with Crippen LogP contribution < -0.4 is 10.2 Å². The van der Waals surface area contributed by atoms with E-state index in [0.717, 1.165) is 61.2 Å². The summed E-state index contributed by atoms with van der Waals surface area (Å²) in [7, 11) is 0. The fourth-order valence-corrected chi connectivity index (χ4v) is 5.05. The fourth-order valence-electron chi connectivity index (χ4n) is 5.05. The lowest BCUT2D eigenvalue weighted by Gasteiger charge is -2.25. The van der Waals surface area contributed by atoms with Gasteiger partial charge in [0, 0.05) is 36.2 Å². The molecule has 2 aromatic rings. The lowest BCUT2D eigenvalue weighted by Crippen LogP contribution is -2.36. The van der Waals surface area contributed by atoms with Crippen LogP contribution in [0.25, 0.3) is 0 Å². The molecule has 2 aromatic carbocycles. The van der Waals surface area contributed by atoms with Crippen molar-refractivity contribution in [3.8, 4) is 0 Å². The molecular weight excluding hydrogens is 315 g/mol. The van der Waals surface area contributed by atoms with Gasteiger partial charge in [-0.15, -0.1) is 0 Å². The number of hydrogen-bond acceptors (Lipinski definition) is 2. The maximum atomic E-state index is 14.7. The molecule has 0 atom stereocenters. The molecule has 5 rings (SSSR count). The van der Waals surface area contributed by atoms with Crippen molar-refractivity contribution >= 4 is 11.6 Å². The van der Waals surface area contributed by atoms with Crippen LogP contribution in [-0.2, 0) is 18.5 Å². The Balaban J connectivity index is 1.61. The molecule has 1 N–H and O–H groups in total. The highest BCUT2D eigenvalue weighted by atomic mass is 19.1. The Morgan fingerprint density at radius 1 is 1.08 bits per heavy atom. The molecule has 1 spiro atoms. The number of nitrogens with one attached hydrogen (secondary N) is 1. The van der Waals surface area contributed by atoms with E-state index in [0.29, 0.717) is 6.54 Å². The number of hydrogen-bond donors (Lipinski definition) is 1. The van der Waals surface area contributed by atoms with Gasteiger partial charge in [-0.05, 0) is 42.2 Å². The van der Waals surface area contributed by atoms with E-state index < -0.39 is 0 Å². The van der Waals surface area contributed by atoms with Crippen molar-refractivity contribution in [1.82, 2.24) is 5.32 Å². The molecule has 0 saturated heterocycles. The molecule has 1 aliphatic carbocycles. The normalized spacial score (nSPS) is 20.1. The topological polar surface area (TPSA) is 32.3 Å². The summed E-state index contributed by atoms with van der Waals surface area (Å²) < 4.78 is 14.7. The summed E-state index contributed by atoms with van der Waals surface area (Å²) in [5.41, 5.74) is 4.40. The number of carbonyl (C=O) groups excluding carboxylic acids is 1. The third-order valence-corrected chi connectivity index (χ3v) is 6.20. The summed E-state index contributed by atoms with van der Waals surface area (Å²) >= 11 is 0. The molecular formula is C21H21FN2O. The van der Waals surface area contributed by atoms with Crippen molar-refractivity contribution in [2.75, 3.05) is 11.4 Å². The Kier molecular flexibility index (Phi) is 3.26. The maximum absolute atomic E-state index is 14.7. The van der Waals surface area contributed by atoms with E-state index in [2.05, 4.69) is 11.4 Å². The molecule has 0 unspecified atom stereocenters. The Bertz CT molecular complexity index is 870. The quantitative estimate of drug-likeness (QED) is 0.856. The van der Waals surface area contributed by atoms with Gasteiger partial charge in [0.25, 0.3) is 5.91 Å². The van der Waals surface area contributed by atoms with E-state index in [1.54, 1.807) is 6.07 Å². The van der Waals surface area contributed by atoms with Gasteiger partial charge in [-0.2, -0.15) is 0 Å². The summed E-state index contributed by atoms with van der Waals surface area (Å²) in [5.74, 6) is -0.147. The maximum Gasteiger partial charge on any atom is 0.258 e. The fraction of sp³-hybridized carbons (Fsp3) is 0.381. The molecule has 0 aromatic heterocycles. The highest BCUT2D eigenvalue weighted by molar-refractivity contribution is 6.09. The van der Waals surface area contributed by atoms with E-state index in [-0.39, 0.29) is 17.1 Å². The van der Waals surface area contributed by atoms with Gasteiger partial charge < -0.3 is 10.2 Å². The minimum Gasteiger partial charge on any atom is -0.309 e. The van der Waals surface area contributed by atoms with Crippen LogP contribution in [0.1, 0.15) is 52.7 Å². The van der Waals surface area contributed by atoms with Crippen LogP contribution in [0.4, 0.5) is 10.1 Å². The van der Waals surface area contributed by atoms with E-state index >= 15 is 0 Å². The Hall–Kier alpha value is -2.20. The lowest BCUT2D eigenvalue weighted by molar-refractivity contribution is 0.0984. The molecule has 1 amide bonds. The first-order valence-corrected chi connectivity index (χ1v) is 9.12. The lowest BCUT2D eigenvalue weighted by atomic mass is 9.80. The average Bonchev–Trinajstić information content (AvgIpc) is 3.34. The Morgan fingerprint density at radius 2 is 1.88 bits per heavy atom. The van der Waals surface area contributed by atoms with Crippen LogP contribution in [0.2, 0.25) is 0 Å². The van der Waals surface area contributed by atoms with Crippen molar-refractivity contribution in [2.24, 2.45) is 0 Å². The van der Waals surface area contributed by atoms with Crippen LogP contribution >= 0.6 is 0 Å². The van der Waals surface area contributed by atoms with Gasteiger partial charge in [0.05, 0.1) is 5.69 Å². The van der Waals surface area contributed by atoms with Crippen molar-refractivity contribution in [3.05, 3.63) is 64.5 Å². The van der Waals surface area contributed by atoms with Crippen molar-refractivity contribution in [1.29, 1.82) is 0 Å². The monoisotopic (exact) mass is 336 g/mol. The second-order valence-corrected chi connectivity index (χ2v) is 7.56. The molecule has 3 nitrogen and oxygen atoms in total. The van der Waals surface area contributed by atoms with Gasteiger partial charge in [0.2, 0.25) is 0 Å². The second-order valence-electron chi connectivity index (χ2n) is 7.56. The SMILES string of the molecule is O=C(c1cccc2c1CNC2)N1CC2(CCCC2)c2c(F)cccc21. The summed E-state index contributed by atoms with van der Waals surface area (Å²) in [6.07, 6.45) is 4.17. The molecule has 25 heavy (non-hydrogen) atoms. The highest BCUT2D eigenvalue weighted by Crippen LogP contribution is 2.51. The highest BCUT2D eigenvalue weighted by Gasteiger charge is 2.48. The number of amides is 1. The zero-order valence-corrected chi connectivity index (χ0v) is 14.1. The average molecular weight is 336 g/mol. The standard InChI is InChI=1S/C21H21FN2O/c22-17-7-4-8-18-19(17)21(9-1-2-10-21)13-24(18)20(25)15-6-3-5-14-11-23-12-16(14)15/h3-8,23H,1-2,9-13H2. The number of halogens is 1. The Morgan fingerprint density at radius 3 is 2.72 bits per heavy atom. The van der Waals surface area contributed by atoms with Gasteiger partial charge in [0.15, 0.2) is 0 Å². The zero-order valence-electron chi connectivity index (χ0n) is 14.1. The van der Waals surface area contributed by atoms with Crippen LogP contribution in [0.3, 0.4) is 0 Å². The predicted molar refractivity (Wildman–Crippen MR) is 95.2 cm³/mol. The second kappa shape index (κ2) is 5.40. The molecule has 0 bridgehead atoms. The van der Waals surface area contributed by atoms with E-state index in [1.807, 2.05) is 23.1 Å². The molecule has 2 aliphatic heterocycles. The van der Waals surface area contributed by atoms with Crippen LogP contribution in [0.5, 0.6) is 0 Å². The molecule has 0 radical (unpaired) electrons. The Labute approximate surface area is 146 Å². The molecule has 128 valence electrons. The first-order chi connectivity index (χ1) is 12.2. The number of carbonyl (C=O) groups is 1. The summed E-state index contributed by atoms with van der Waals surface area (Å²) in [6.45, 7) is 2.15. The van der Waals surface area contributed by atoms with Crippen molar-refractivity contribution in [3.63, 3.8) is 0 Å². The molecule has 2 heterocycles. The van der Waals surface area contributed by atoms with E-state index in [4.69, 9.17) is 0 Å². The number of anilines is 1. The molecule has 4 heteroatoms. The zero-order chi connectivity index (χ0) is 17.0. The van der Waals surface area contributed by atoms with Crippen LogP contribution in [0, 0.1) is 5.82 Å². The molecule has 1 fully saturated rings. The summed E-state index contributed by atoms with van der Waals surface area (Å²) in [6, 6.07) is 11.1. The third-order valence-electron chi connectivity index (χ3n) is 6.20. The minimum absolute atomic E-state index is 0.0103. The van der Waals surface area contributed by atoms with Gasteiger partial charge in [-0.1, -0.05) is 31.0 Å². The van der Waals surface area contributed by atoms with Gasteiger partial charge >= 0.3 is 0 Å². The smallest absolute Gasteiger partial charge is 0.258 e. The first-order valence-electron chi connectivity index (χ1n) is 9.12. The number of fused-ring (bicyclic) bond motifs is 3. The third kappa shape index (κ3) is 2.10. The first kappa shape index (κ1) is 15.1. The number of rotatable bonds is 1. The van der Waals surface area contributed by atoms with Crippen LogP contribution in [0.15, 0.2) is 36.4 Å². The largest absolute Gasteiger partial charge is 0.309 e. The van der Waals surface area contributed by atoms with Crippen molar-refractivity contribution < 1.29 is 9.18 Å². The van der Waals surface area contributed by atoms with Crippen molar-refractivity contribution in [2.45, 2.75) is 44.2 Å². The minimum atomic E-state index is -0.188. The molecule has 3 aliphatic rings. The van der Waals surface area contributed by atoms with E-state index in [1.165, 1.54) is 11.6 Å². The predicted octanol–water partition coefficient (Wildman–Crippen LogP) is 3.90. The summed E-state index contributed by atoms with van der Waals surface area (Å²) in [4.78, 5) is 15.2. The van der Waals surface area contributed by atoms with Gasteiger partial charge in [-0.25, -0.2) is 4.39 Å². The van der Waals surface area contributed by atoms with Gasteiger partial charge in [-0.3, -0.25) is 4.79 Å². The molecule has 1 saturated carbocycles. The van der Waals surface area contributed by atoms with Gasteiger partial charge in [0.1, 0.15) is 5.82 Å². The number of nitrogens with zero attached hydrogens (tertiary/aromatic N) is 1.